The molecule has 1 aromatic heterocycles. The second kappa shape index (κ2) is 9.32. The maximum atomic E-state index is 12.3. The number of alkyl carbamates (subject to hydrolysis) is 1. The van der Waals surface area contributed by atoms with Gasteiger partial charge in [0.15, 0.2) is 0 Å². The first-order valence-corrected chi connectivity index (χ1v) is 9.60. The molecule has 2 heterocycles. The fourth-order valence-electron chi connectivity index (χ4n) is 2.63. The van der Waals surface area contributed by atoms with Gasteiger partial charge in [0.1, 0.15) is 5.60 Å². The minimum Gasteiger partial charge on any atom is -0.444 e. The number of nitrogens with one attached hydrogen (secondary N) is 1. The van der Waals surface area contributed by atoms with E-state index in [1.807, 2.05) is 17.0 Å². The number of carbonyl (C=O) groups excluding carboxylic acids is 2. The highest BCUT2D eigenvalue weighted by atomic mass is 79.9. The summed E-state index contributed by atoms with van der Waals surface area (Å²) in [5.74, 6) is 0.0578. The Labute approximate surface area is 163 Å². The van der Waals surface area contributed by atoms with Crippen molar-refractivity contribution in [3.63, 3.8) is 0 Å². The number of carbonyl (C=O) groups is 2. The van der Waals surface area contributed by atoms with Crippen LogP contribution in [0.2, 0.25) is 0 Å². The molecule has 0 saturated carbocycles. The van der Waals surface area contributed by atoms with Crippen LogP contribution in [0.1, 0.15) is 32.9 Å². The second-order valence-corrected chi connectivity index (χ2v) is 8.22. The van der Waals surface area contributed by atoms with E-state index in [1.54, 1.807) is 27.0 Å². The average Bonchev–Trinajstić information content (AvgIpc) is 2.56. The van der Waals surface area contributed by atoms with Gasteiger partial charge in [0.25, 0.3) is 0 Å². The molecule has 1 saturated heterocycles. The summed E-state index contributed by atoms with van der Waals surface area (Å²) in [6.07, 6.45) is 1.59. The lowest BCUT2D eigenvalue weighted by molar-refractivity contribution is -0.132. The Morgan fingerprint density at radius 2 is 1.92 bits per heavy atom. The average molecular weight is 427 g/mol. The van der Waals surface area contributed by atoms with Crippen molar-refractivity contribution in [1.29, 1.82) is 0 Å². The number of hydrogen-bond donors (Lipinski definition) is 1. The van der Waals surface area contributed by atoms with E-state index >= 15 is 0 Å². The van der Waals surface area contributed by atoms with Gasteiger partial charge in [0.2, 0.25) is 5.91 Å². The van der Waals surface area contributed by atoms with Crippen LogP contribution in [0, 0.1) is 0 Å². The standard InChI is InChI=1S/C18H27BrN4O3/c1-18(2,3)26-17(25)20-7-6-16(24)23-10-8-22(9-11-23)13-15-5-4-14(19)12-21-15/h4-5,12H,6-11,13H2,1-3H3,(H,20,25). The lowest BCUT2D eigenvalue weighted by Crippen LogP contribution is -2.48. The molecule has 2 rings (SSSR count). The van der Waals surface area contributed by atoms with Crippen molar-refractivity contribution in [2.45, 2.75) is 39.3 Å². The van der Waals surface area contributed by atoms with Gasteiger partial charge in [-0.25, -0.2) is 4.79 Å². The smallest absolute Gasteiger partial charge is 0.407 e. The summed E-state index contributed by atoms with van der Waals surface area (Å²) in [6, 6.07) is 3.99. The van der Waals surface area contributed by atoms with E-state index in [-0.39, 0.29) is 18.9 Å². The molecule has 2 amide bonds. The van der Waals surface area contributed by atoms with Crippen molar-refractivity contribution >= 4 is 27.9 Å². The van der Waals surface area contributed by atoms with Gasteiger partial charge in [0.05, 0.1) is 5.69 Å². The molecule has 1 N–H and O–H groups in total. The zero-order chi connectivity index (χ0) is 19.2. The molecule has 0 spiro atoms. The van der Waals surface area contributed by atoms with E-state index in [0.717, 1.165) is 29.8 Å². The summed E-state index contributed by atoms with van der Waals surface area (Å²) < 4.78 is 6.12. The number of rotatable bonds is 5. The predicted octanol–water partition coefficient (Wildman–Crippen LogP) is 2.40. The molecule has 0 aliphatic carbocycles. The minimum atomic E-state index is -0.534. The minimum absolute atomic E-state index is 0.0578. The van der Waals surface area contributed by atoms with E-state index in [1.165, 1.54) is 0 Å². The van der Waals surface area contributed by atoms with E-state index in [4.69, 9.17) is 4.74 Å². The molecule has 1 aliphatic heterocycles. The number of hydrogen-bond acceptors (Lipinski definition) is 5. The Morgan fingerprint density at radius 1 is 1.23 bits per heavy atom. The molecule has 0 aromatic carbocycles. The summed E-state index contributed by atoms with van der Waals surface area (Å²) in [4.78, 5) is 32.4. The van der Waals surface area contributed by atoms with E-state index < -0.39 is 11.7 Å². The van der Waals surface area contributed by atoms with Gasteiger partial charge in [-0.1, -0.05) is 0 Å². The molecular formula is C18H27BrN4O3. The van der Waals surface area contributed by atoms with Crippen molar-refractivity contribution in [2.75, 3.05) is 32.7 Å². The topological polar surface area (TPSA) is 74.8 Å². The molecule has 0 unspecified atom stereocenters. The lowest BCUT2D eigenvalue weighted by atomic mass is 10.2. The molecule has 1 fully saturated rings. The molecule has 0 bridgehead atoms. The van der Waals surface area contributed by atoms with Crippen LogP contribution in [-0.2, 0) is 16.1 Å². The molecule has 8 heteroatoms. The molecular weight excluding hydrogens is 400 g/mol. The molecule has 0 radical (unpaired) electrons. The zero-order valence-corrected chi connectivity index (χ0v) is 17.2. The highest BCUT2D eigenvalue weighted by Crippen LogP contribution is 2.11. The molecule has 1 aromatic rings. The summed E-state index contributed by atoms with van der Waals surface area (Å²) >= 11 is 3.38. The number of nitrogens with zero attached hydrogens (tertiary/aromatic N) is 3. The SMILES string of the molecule is CC(C)(C)OC(=O)NCCC(=O)N1CCN(Cc2ccc(Br)cn2)CC1. The molecule has 0 atom stereocenters. The van der Waals surface area contributed by atoms with Gasteiger partial charge in [-0.3, -0.25) is 14.7 Å². The van der Waals surface area contributed by atoms with Gasteiger partial charge in [-0.05, 0) is 48.8 Å². The molecule has 26 heavy (non-hydrogen) atoms. The van der Waals surface area contributed by atoms with E-state index in [0.29, 0.717) is 13.1 Å². The van der Waals surface area contributed by atoms with Crippen molar-refractivity contribution in [3.8, 4) is 0 Å². The fraction of sp³-hybridized carbons (Fsp3) is 0.611. The van der Waals surface area contributed by atoms with E-state index in [9.17, 15) is 9.59 Å². The predicted molar refractivity (Wildman–Crippen MR) is 103 cm³/mol. The second-order valence-electron chi connectivity index (χ2n) is 7.30. The number of piperazine rings is 1. The number of pyridine rings is 1. The van der Waals surface area contributed by atoms with Crippen LogP contribution < -0.4 is 5.32 Å². The van der Waals surface area contributed by atoms with E-state index in [2.05, 4.69) is 31.1 Å². The third-order valence-corrected chi connectivity index (χ3v) is 4.38. The Morgan fingerprint density at radius 3 is 2.50 bits per heavy atom. The molecule has 7 nitrogen and oxygen atoms in total. The first kappa shape index (κ1) is 20.6. The monoisotopic (exact) mass is 426 g/mol. The first-order valence-electron chi connectivity index (χ1n) is 8.80. The van der Waals surface area contributed by atoms with Crippen molar-refractivity contribution < 1.29 is 14.3 Å². The quantitative estimate of drug-likeness (QED) is 0.781. The van der Waals surface area contributed by atoms with Crippen LogP contribution in [0.5, 0.6) is 0 Å². The maximum Gasteiger partial charge on any atom is 0.407 e. The third-order valence-electron chi connectivity index (χ3n) is 3.91. The zero-order valence-electron chi connectivity index (χ0n) is 15.6. The first-order chi connectivity index (χ1) is 12.2. The van der Waals surface area contributed by atoms with Gasteiger partial charge >= 0.3 is 6.09 Å². The Kier molecular flexibility index (Phi) is 7.40. The van der Waals surface area contributed by atoms with Crippen molar-refractivity contribution in [3.05, 3.63) is 28.5 Å². The number of aromatic nitrogens is 1. The van der Waals surface area contributed by atoms with Gasteiger partial charge in [-0.15, -0.1) is 0 Å². The molecule has 144 valence electrons. The Balaban J connectivity index is 1.66. The van der Waals surface area contributed by atoms with Crippen LogP contribution in [-0.4, -0.2) is 65.1 Å². The summed E-state index contributed by atoms with van der Waals surface area (Å²) in [5, 5.41) is 2.62. The summed E-state index contributed by atoms with van der Waals surface area (Å²) in [6.45, 7) is 9.53. The van der Waals surface area contributed by atoms with Gasteiger partial charge in [-0.2, -0.15) is 0 Å². The lowest BCUT2D eigenvalue weighted by Gasteiger charge is -2.34. The number of halogens is 1. The number of ether oxygens (including phenoxy) is 1. The van der Waals surface area contributed by atoms with Crippen LogP contribution in [0.25, 0.3) is 0 Å². The molecule has 1 aliphatic rings. The fourth-order valence-corrected chi connectivity index (χ4v) is 2.86. The van der Waals surface area contributed by atoms with Crippen molar-refractivity contribution in [1.82, 2.24) is 20.1 Å². The summed E-state index contributed by atoms with van der Waals surface area (Å²) in [5.41, 5.74) is 0.489. The van der Waals surface area contributed by atoms with Crippen LogP contribution in [0.4, 0.5) is 4.79 Å². The Bertz CT molecular complexity index is 608. The van der Waals surface area contributed by atoms with Gasteiger partial charge < -0.3 is 15.0 Å². The Hall–Kier alpha value is -1.67. The highest BCUT2D eigenvalue weighted by molar-refractivity contribution is 9.10. The van der Waals surface area contributed by atoms with Crippen LogP contribution >= 0.6 is 15.9 Å². The summed E-state index contributed by atoms with van der Waals surface area (Å²) in [7, 11) is 0. The highest BCUT2D eigenvalue weighted by Gasteiger charge is 2.21. The normalized spacial score (nSPS) is 15.6. The van der Waals surface area contributed by atoms with Crippen LogP contribution in [0.3, 0.4) is 0 Å². The van der Waals surface area contributed by atoms with Gasteiger partial charge in [0, 0.05) is 56.4 Å². The third kappa shape index (κ3) is 7.29. The number of amides is 2. The largest absolute Gasteiger partial charge is 0.444 e. The van der Waals surface area contributed by atoms with Crippen LogP contribution in [0.15, 0.2) is 22.8 Å². The maximum absolute atomic E-state index is 12.3. The van der Waals surface area contributed by atoms with Crippen molar-refractivity contribution in [2.24, 2.45) is 0 Å².